The lowest BCUT2D eigenvalue weighted by Crippen LogP contribution is -2.52. The van der Waals surface area contributed by atoms with Crippen molar-refractivity contribution >= 4 is 11.7 Å². The van der Waals surface area contributed by atoms with E-state index < -0.39 is 0 Å². The number of rotatable bonds is 2. The molecule has 1 amide bonds. The molecule has 0 radical (unpaired) electrons. The fourth-order valence-corrected chi connectivity index (χ4v) is 4.42. The summed E-state index contributed by atoms with van der Waals surface area (Å²) in [5.41, 5.74) is 2.82. The minimum atomic E-state index is 0.0177. The first kappa shape index (κ1) is 15.7. The number of fused-ring (bicyclic) bond motifs is 3. The van der Waals surface area contributed by atoms with Crippen LogP contribution in [-0.4, -0.2) is 57.5 Å². The maximum Gasteiger partial charge on any atom is 0.255 e. The first-order valence-electron chi connectivity index (χ1n) is 9.31. The van der Waals surface area contributed by atoms with Gasteiger partial charge < -0.3 is 15.1 Å². The maximum atomic E-state index is 12.7. The summed E-state index contributed by atoms with van der Waals surface area (Å²) >= 11 is 0. The van der Waals surface area contributed by atoms with Gasteiger partial charge in [0.25, 0.3) is 5.91 Å². The fraction of sp³-hybridized carbons (Fsp3) is 0.474. The predicted octanol–water partition coefficient (Wildman–Crippen LogP) is 1.01. The van der Waals surface area contributed by atoms with Crippen LogP contribution in [0.3, 0.4) is 0 Å². The molecule has 7 nitrogen and oxygen atoms in total. The van der Waals surface area contributed by atoms with Crippen LogP contribution in [0.2, 0.25) is 0 Å². The van der Waals surface area contributed by atoms with Crippen molar-refractivity contribution < 1.29 is 4.79 Å². The van der Waals surface area contributed by atoms with E-state index in [1.165, 1.54) is 18.4 Å². The van der Waals surface area contributed by atoms with Gasteiger partial charge in [0.05, 0.1) is 17.8 Å². The Bertz CT molecular complexity index is 814. The summed E-state index contributed by atoms with van der Waals surface area (Å²) in [7, 11) is 0. The fourth-order valence-electron chi connectivity index (χ4n) is 4.42. The number of anilines is 1. The van der Waals surface area contributed by atoms with Crippen molar-refractivity contribution in [1.29, 1.82) is 0 Å². The molecule has 2 atom stereocenters. The van der Waals surface area contributed by atoms with Gasteiger partial charge in [0, 0.05) is 49.7 Å². The van der Waals surface area contributed by atoms with E-state index in [0.29, 0.717) is 30.7 Å². The minimum absolute atomic E-state index is 0.0177. The largest absolute Gasteiger partial charge is 0.353 e. The number of hydrogen-bond acceptors (Lipinski definition) is 6. The van der Waals surface area contributed by atoms with Crippen LogP contribution in [0.15, 0.2) is 30.9 Å². The lowest BCUT2D eigenvalue weighted by molar-refractivity contribution is 0.0731. The van der Waals surface area contributed by atoms with E-state index in [4.69, 9.17) is 0 Å². The Hall–Kier alpha value is -2.54. The molecular weight excluding hydrogens is 328 g/mol. The summed E-state index contributed by atoms with van der Waals surface area (Å²) < 4.78 is 0. The normalized spacial score (nSPS) is 24.5. The lowest BCUT2D eigenvalue weighted by Gasteiger charge is -2.36. The highest BCUT2D eigenvalue weighted by Crippen LogP contribution is 2.30. The van der Waals surface area contributed by atoms with Gasteiger partial charge in [-0.05, 0) is 31.4 Å². The Kier molecular flexibility index (Phi) is 3.81. The Morgan fingerprint density at radius 3 is 2.81 bits per heavy atom. The third-order valence-corrected chi connectivity index (χ3v) is 5.70. The van der Waals surface area contributed by atoms with Gasteiger partial charge in [-0.3, -0.25) is 9.78 Å². The molecule has 2 aromatic rings. The Morgan fingerprint density at radius 2 is 2.04 bits per heavy atom. The van der Waals surface area contributed by atoms with E-state index in [0.717, 1.165) is 31.0 Å². The molecule has 0 unspecified atom stereocenters. The van der Waals surface area contributed by atoms with Crippen molar-refractivity contribution in [3.05, 3.63) is 47.7 Å². The summed E-state index contributed by atoms with van der Waals surface area (Å²) in [5, 5.41) is 3.67. The molecule has 2 fully saturated rings. The van der Waals surface area contributed by atoms with Gasteiger partial charge in [-0.15, -0.1) is 0 Å². The summed E-state index contributed by atoms with van der Waals surface area (Å²) in [6, 6.07) is 4.76. The molecule has 1 N–H and O–H groups in total. The average Bonchev–Trinajstić information content (AvgIpc) is 3.04. The summed E-state index contributed by atoms with van der Waals surface area (Å²) in [6.45, 7) is 3.26. The number of aromatic nitrogens is 3. The van der Waals surface area contributed by atoms with Gasteiger partial charge in [-0.25, -0.2) is 9.97 Å². The van der Waals surface area contributed by atoms with Gasteiger partial charge >= 0.3 is 0 Å². The number of carbonyl (C=O) groups is 1. The average molecular weight is 350 g/mol. The van der Waals surface area contributed by atoms with Crippen molar-refractivity contribution in [2.24, 2.45) is 0 Å². The summed E-state index contributed by atoms with van der Waals surface area (Å²) in [4.78, 5) is 30.1. The molecule has 2 saturated heterocycles. The van der Waals surface area contributed by atoms with Crippen LogP contribution in [0.5, 0.6) is 0 Å². The standard InChI is InChI=1S/C19H22N6O/c26-19(13-2-1-6-20-8-13)24-7-5-16-17(11-24)21-12-22-18(16)25-9-14-3-4-15(10-25)23-14/h1-2,6,8,12,14-15,23H,3-5,7,9-11H2/t14-,15+. The minimum Gasteiger partial charge on any atom is -0.353 e. The second-order valence-corrected chi connectivity index (χ2v) is 7.38. The van der Waals surface area contributed by atoms with E-state index in [1.807, 2.05) is 11.0 Å². The molecule has 3 aliphatic heterocycles. The molecule has 2 bridgehead atoms. The van der Waals surface area contributed by atoms with Gasteiger partial charge in [0.1, 0.15) is 12.1 Å². The summed E-state index contributed by atoms with van der Waals surface area (Å²) in [5.74, 6) is 1.09. The first-order valence-corrected chi connectivity index (χ1v) is 9.31. The molecule has 2 aromatic heterocycles. The molecule has 7 heteroatoms. The Morgan fingerprint density at radius 1 is 1.19 bits per heavy atom. The highest BCUT2D eigenvalue weighted by Gasteiger charge is 2.35. The zero-order valence-electron chi connectivity index (χ0n) is 14.6. The highest BCUT2D eigenvalue weighted by molar-refractivity contribution is 5.94. The molecule has 0 spiro atoms. The number of piperazine rings is 1. The molecule has 26 heavy (non-hydrogen) atoms. The van der Waals surface area contributed by atoms with Crippen LogP contribution in [0.1, 0.15) is 34.5 Å². The molecule has 5 rings (SSSR count). The monoisotopic (exact) mass is 350 g/mol. The van der Waals surface area contributed by atoms with E-state index in [2.05, 4.69) is 25.2 Å². The van der Waals surface area contributed by atoms with Gasteiger partial charge in [-0.2, -0.15) is 0 Å². The van der Waals surface area contributed by atoms with Crippen molar-refractivity contribution in [1.82, 2.24) is 25.2 Å². The second kappa shape index (κ2) is 6.32. The van der Waals surface area contributed by atoms with Gasteiger partial charge in [0.2, 0.25) is 0 Å². The van der Waals surface area contributed by atoms with Crippen LogP contribution in [0.25, 0.3) is 0 Å². The summed E-state index contributed by atoms with van der Waals surface area (Å²) in [6.07, 6.45) is 8.26. The Balaban J connectivity index is 1.39. The number of nitrogens with one attached hydrogen (secondary N) is 1. The number of pyridine rings is 1. The lowest BCUT2D eigenvalue weighted by atomic mass is 10.0. The highest BCUT2D eigenvalue weighted by atomic mass is 16.2. The van der Waals surface area contributed by atoms with Crippen molar-refractivity contribution in [2.75, 3.05) is 24.5 Å². The maximum absolute atomic E-state index is 12.7. The molecular formula is C19H22N6O. The van der Waals surface area contributed by atoms with Crippen LogP contribution < -0.4 is 10.2 Å². The third-order valence-electron chi connectivity index (χ3n) is 5.70. The van der Waals surface area contributed by atoms with Crippen LogP contribution in [-0.2, 0) is 13.0 Å². The smallest absolute Gasteiger partial charge is 0.255 e. The molecule has 0 saturated carbocycles. The molecule has 5 heterocycles. The van der Waals surface area contributed by atoms with Crippen LogP contribution >= 0.6 is 0 Å². The van der Waals surface area contributed by atoms with Crippen LogP contribution in [0, 0.1) is 0 Å². The molecule has 0 aliphatic carbocycles. The number of carbonyl (C=O) groups excluding carboxylic acids is 1. The molecule has 3 aliphatic rings. The molecule has 0 aromatic carbocycles. The van der Waals surface area contributed by atoms with E-state index in [-0.39, 0.29) is 5.91 Å². The van der Waals surface area contributed by atoms with Crippen molar-refractivity contribution in [2.45, 2.75) is 37.9 Å². The zero-order valence-corrected chi connectivity index (χ0v) is 14.6. The van der Waals surface area contributed by atoms with Crippen LogP contribution in [0.4, 0.5) is 5.82 Å². The number of hydrogen-bond donors (Lipinski definition) is 1. The second-order valence-electron chi connectivity index (χ2n) is 7.38. The predicted molar refractivity (Wildman–Crippen MR) is 96.9 cm³/mol. The Labute approximate surface area is 152 Å². The van der Waals surface area contributed by atoms with E-state index in [1.54, 1.807) is 24.8 Å². The SMILES string of the molecule is O=C(c1cccnc1)N1CCc2c(ncnc2N2C[C@H]3CC[C@@H](C2)N3)C1. The van der Waals surface area contributed by atoms with E-state index in [9.17, 15) is 4.79 Å². The topological polar surface area (TPSA) is 74.2 Å². The van der Waals surface area contributed by atoms with Crippen molar-refractivity contribution in [3.63, 3.8) is 0 Å². The van der Waals surface area contributed by atoms with Gasteiger partial charge in [-0.1, -0.05) is 0 Å². The zero-order chi connectivity index (χ0) is 17.5. The first-order chi connectivity index (χ1) is 12.8. The van der Waals surface area contributed by atoms with E-state index >= 15 is 0 Å². The molecule has 134 valence electrons. The third kappa shape index (κ3) is 2.72. The quantitative estimate of drug-likeness (QED) is 0.871. The van der Waals surface area contributed by atoms with Crippen molar-refractivity contribution in [3.8, 4) is 0 Å². The number of amides is 1. The van der Waals surface area contributed by atoms with Gasteiger partial charge in [0.15, 0.2) is 0 Å². The number of nitrogens with zero attached hydrogens (tertiary/aromatic N) is 5.